The summed E-state index contributed by atoms with van der Waals surface area (Å²) in [5, 5.41) is 0. The van der Waals surface area contributed by atoms with Crippen molar-refractivity contribution < 1.29 is 13.9 Å². The molecule has 0 aliphatic heterocycles. The number of rotatable bonds is 5. The van der Waals surface area contributed by atoms with E-state index in [2.05, 4.69) is 15.9 Å². The van der Waals surface area contributed by atoms with Crippen LogP contribution >= 0.6 is 15.9 Å². The Morgan fingerprint density at radius 2 is 2.28 bits per heavy atom. The van der Waals surface area contributed by atoms with Crippen LogP contribution in [-0.2, 0) is 4.74 Å². The monoisotopic (exact) mass is 315 g/mol. The number of methoxy groups -OCH3 is 1. The van der Waals surface area contributed by atoms with Crippen molar-refractivity contribution in [3.05, 3.63) is 34.1 Å². The van der Waals surface area contributed by atoms with E-state index < -0.39 is 5.82 Å². The first kappa shape index (κ1) is 13.5. The fourth-order valence-corrected chi connectivity index (χ4v) is 2.07. The first-order chi connectivity index (χ1) is 8.63. The van der Waals surface area contributed by atoms with Crippen molar-refractivity contribution >= 4 is 21.8 Å². The highest BCUT2D eigenvalue weighted by molar-refractivity contribution is 9.10. The second-order valence-corrected chi connectivity index (χ2v) is 5.21. The molecule has 1 aliphatic rings. The normalized spacial score (nSPS) is 14.6. The SMILES string of the molecule is COCCN(C(=O)c1ccc(Br)c(F)c1)C1CC1. The Bertz CT molecular complexity index is 449. The summed E-state index contributed by atoms with van der Waals surface area (Å²) >= 11 is 3.08. The van der Waals surface area contributed by atoms with Crippen LogP contribution in [0.25, 0.3) is 0 Å². The topological polar surface area (TPSA) is 29.5 Å². The largest absolute Gasteiger partial charge is 0.383 e. The van der Waals surface area contributed by atoms with Crippen LogP contribution in [0, 0.1) is 5.82 Å². The quantitative estimate of drug-likeness (QED) is 0.836. The summed E-state index contributed by atoms with van der Waals surface area (Å²) in [4.78, 5) is 14.1. The zero-order chi connectivity index (χ0) is 13.1. The Morgan fingerprint density at radius 3 is 2.83 bits per heavy atom. The molecule has 3 nitrogen and oxygen atoms in total. The van der Waals surface area contributed by atoms with Gasteiger partial charge < -0.3 is 9.64 Å². The lowest BCUT2D eigenvalue weighted by molar-refractivity contribution is 0.0679. The highest BCUT2D eigenvalue weighted by Gasteiger charge is 2.32. The maximum Gasteiger partial charge on any atom is 0.254 e. The molecule has 0 saturated heterocycles. The molecule has 0 atom stereocenters. The van der Waals surface area contributed by atoms with Crippen LogP contribution in [-0.4, -0.2) is 37.1 Å². The Balaban J connectivity index is 2.13. The molecule has 0 unspecified atom stereocenters. The third-order valence-electron chi connectivity index (χ3n) is 2.95. The number of ether oxygens (including phenoxy) is 1. The van der Waals surface area contributed by atoms with Gasteiger partial charge in [-0.05, 0) is 47.0 Å². The maximum atomic E-state index is 13.4. The molecule has 0 aromatic heterocycles. The number of carbonyl (C=O) groups is 1. The molecule has 1 aromatic rings. The molecule has 18 heavy (non-hydrogen) atoms. The minimum Gasteiger partial charge on any atom is -0.383 e. The highest BCUT2D eigenvalue weighted by atomic mass is 79.9. The van der Waals surface area contributed by atoms with E-state index in [4.69, 9.17) is 4.74 Å². The Morgan fingerprint density at radius 1 is 1.56 bits per heavy atom. The number of benzene rings is 1. The van der Waals surface area contributed by atoms with Gasteiger partial charge in [0.25, 0.3) is 5.91 Å². The zero-order valence-corrected chi connectivity index (χ0v) is 11.7. The second-order valence-electron chi connectivity index (χ2n) is 4.35. The Labute approximate surface area is 114 Å². The van der Waals surface area contributed by atoms with Crippen molar-refractivity contribution in [3.63, 3.8) is 0 Å². The molecular weight excluding hydrogens is 301 g/mol. The van der Waals surface area contributed by atoms with Crippen LogP contribution in [0.1, 0.15) is 23.2 Å². The molecule has 1 fully saturated rings. The van der Waals surface area contributed by atoms with Gasteiger partial charge >= 0.3 is 0 Å². The summed E-state index contributed by atoms with van der Waals surface area (Å²) in [7, 11) is 1.61. The van der Waals surface area contributed by atoms with E-state index in [0.717, 1.165) is 12.8 Å². The molecule has 0 spiro atoms. The average molecular weight is 316 g/mol. The third kappa shape index (κ3) is 3.09. The summed E-state index contributed by atoms with van der Waals surface area (Å²) < 4.78 is 18.8. The second kappa shape index (κ2) is 5.80. The van der Waals surface area contributed by atoms with Crippen LogP contribution < -0.4 is 0 Å². The van der Waals surface area contributed by atoms with Crippen LogP contribution in [0.2, 0.25) is 0 Å². The van der Waals surface area contributed by atoms with Crippen LogP contribution in [0.4, 0.5) is 4.39 Å². The summed E-state index contributed by atoms with van der Waals surface area (Å²) in [6, 6.07) is 4.76. The predicted octanol–water partition coefficient (Wildman–Crippen LogP) is 2.84. The standard InChI is InChI=1S/C13H15BrFNO2/c1-18-7-6-16(10-3-4-10)13(17)9-2-5-11(14)12(15)8-9/h2,5,8,10H,3-4,6-7H2,1H3. The number of amides is 1. The number of hydrogen-bond acceptors (Lipinski definition) is 2. The predicted molar refractivity (Wildman–Crippen MR) is 70.0 cm³/mol. The van der Waals surface area contributed by atoms with E-state index in [1.807, 2.05) is 0 Å². The molecule has 0 heterocycles. The number of halogens is 2. The Hall–Kier alpha value is -0.940. The van der Waals surface area contributed by atoms with E-state index in [0.29, 0.717) is 29.2 Å². The van der Waals surface area contributed by atoms with Crippen molar-refractivity contribution in [1.29, 1.82) is 0 Å². The molecule has 1 aromatic carbocycles. The van der Waals surface area contributed by atoms with Gasteiger partial charge in [-0.2, -0.15) is 0 Å². The molecule has 0 N–H and O–H groups in total. The van der Waals surface area contributed by atoms with Crippen molar-refractivity contribution in [2.45, 2.75) is 18.9 Å². The van der Waals surface area contributed by atoms with E-state index in [-0.39, 0.29) is 5.91 Å². The molecule has 1 saturated carbocycles. The van der Waals surface area contributed by atoms with Crippen molar-refractivity contribution in [3.8, 4) is 0 Å². The van der Waals surface area contributed by atoms with Gasteiger partial charge in [0.2, 0.25) is 0 Å². The highest BCUT2D eigenvalue weighted by Crippen LogP contribution is 2.28. The average Bonchev–Trinajstić information content (AvgIpc) is 3.17. The lowest BCUT2D eigenvalue weighted by Gasteiger charge is -2.22. The van der Waals surface area contributed by atoms with E-state index in [9.17, 15) is 9.18 Å². The molecule has 0 radical (unpaired) electrons. The molecule has 2 rings (SSSR count). The van der Waals surface area contributed by atoms with Crippen LogP contribution in [0.15, 0.2) is 22.7 Å². The van der Waals surface area contributed by atoms with Crippen LogP contribution in [0.3, 0.4) is 0 Å². The van der Waals surface area contributed by atoms with Gasteiger partial charge in [-0.15, -0.1) is 0 Å². The summed E-state index contributed by atoms with van der Waals surface area (Å²) in [5.74, 6) is -0.538. The van der Waals surface area contributed by atoms with Crippen molar-refractivity contribution in [2.24, 2.45) is 0 Å². The fourth-order valence-electron chi connectivity index (χ4n) is 1.82. The van der Waals surface area contributed by atoms with Gasteiger partial charge in [-0.1, -0.05) is 0 Å². The summed E-state index contributed by atoms with van der Waals surface area (Å²) in [6.45, 7) is 1.05. The van der Waals surface area contributed by atoms with Gasteiger partial charge in [-0.25, -0.2) is 4.39 Å². The van der Waals surface area contributed by atoms with Crippen LogP contribution in [0.5, 0.6) is 0 Å². The number of nitrogens with zero attached hydrogens (tertiary/aromatic N) is 1. The smallest absolute Gasteiger partial charge is 0.254 e. The van der Waals surface area contributed by atoms with Gasteiger partial charge in [-0.3, -0.25) is 4.79 Å². The molecule has 1 amide bonds. The number of carbonyl (C=O) groups excluding carboxylic acids is 1. The lowest BCUT2D eigenvalue weighted by Crippen LogP contribution is -2.35. The molecule has 98 valence electrons. The molecule has 0 bridgehead atoms. The van der Waals surface area contributed by atoms with Gasteiger partial charge in [0.15, 0.2) is 0 Å². The van der Waals surface area contributed by atoms with E-state index >= 15 is 0 Å². The summed E-state index contributed by atoms with van der Waals surface area (Å²) in [5.41, 5.74) is 0.388. The minimum atomic E-state index is -0.414. The fraction of sp³-hybridized carbons (Fsp3) is 0.462. The number of hydrogen-bond donors (Lipinski definition) is 0. The maximum absolute atomic E-state index is 13.4. The lowest BCUT2D eigenvalue weighted by atomic mass is 10.2. The minimum absolute atomic E-state index is 0.124. The van der Waals surface area contributed by atoms with E-state index in [1.165, 1.54) is 6.07 Å². The molecular formula is C13H15BrFNO2. The van der Waals surface area contributed by atoms with Gasteiger partial charge in [0.1, 0.15) is 5.82 Å². The summed E-state index contributed by atoms with van der Waals surface area (Å²) in [6.07, 6.45) is 2.04. The van der Waals surface area contributed by atoms with Gasteiger partial charge in [0, 0.05) is 25.3 Å². The molecule has 5 heteroatoms. The van der Waals surface area contributed by atoms with Crippen molar-refractivity contribution in [2.75, 3.05) is 20.3 Å². The van der Waals surface area contributed by atoms with E-state index in [1.54, 1.807) is 24.1 Å². The Kier molecular flexibility index (Phi) is 4.35. The third-order valence-corrected chi connectivity index (χ3v) is 3.59. The molecule has 1 aliphatic carbocycles. The van der Waals surface area contributed by atoms with Crippen molar-refractivity contribution in [1.82, 2.24) is 4.90 Å². The zero-order valence-electron chi connectivity index (χ0n) is 10.2. The van der Waals surface area contributed by atoms with Gasteiger partial charge in [0.05, 0.1) is 11.1 Å². The first-order valence-electron chi connectivity index (χ1n) is 5.88. The first-order valence-corrected chi connectivity index (χ1v) is 6.67.